The SMILES string of the molecule is CC(NCc1c(C(=O)O)cnn1C)c1cccc(Cl)c1. The number of benzene rings is 1. The van der Waals surface area contributed by atoms with E-state index in [0.29, 0.717) is 17.3 Å². The Kier molecular flexibility index (Phi) is 4.42. The van der Waals surface area contributed by atoms with Crippen LogP contribution in [-0.4, -0.2) is 20.9 Å². The van der Waals surface area contributed by atoms with Crippen molar-refractivity contribution in [1.29, 1.82) is 0 Å². The fourth-order valence-electron chi connectivity index (χ4n) is 1.99. The number of rotatable bonds is 5. The van der Waals surface area contributed by atoms with Crippen LogP contribution in [0.15, 0.2) is 30.5 Å². The molecule has 1 atom stereocenters. The number of halogens is 1. The second-order valence-corrected chi connectivity index (χ2v) is 5.03. The van der Waals surface area contributed by atoms with E-state index in [0.717, 1.165) is 5.56 Å². The lowest BCUT2D eigenvalue weighted by molar-refractivity contribution is 0.0695. The summed E-state index contributed by atoms with van der Waals surface area (Å²) in [5.74, 6) is -0.967. The number of carboxylic acid groups (broad SMARTS) is 1. The van der Waals surface area contributed by atoms with E-state index in [1.165, 1.54) is 6.20 Å². The van der Waals surface area contributed by atoms with Crippen molar-refractivity contribution < 1.29 is 9.90 Å². The van der Waals surface area contributed by atoms with Gasteiger partial charge in [-0.15, -0.1) is 0 Å². The second-order valence-electron chi connectivity index (χ2n) is 4.59. The molecule has 1 aromatic heterocycles. The van der Waals surface area contributed by atoms with Gasteiger partial charge in [0.2, 0.25) is 0 Å². The topological polar surface area (TPSA) is 67.2 Å². The second kappa shape index (κ2) is 6.07. The Hall–Kier alpha value is -1.85. The van der Waals surface area contributed by atoms with Gasteiger partial charge in [0.15, 0.2) is 0 Å². The third kappa shape index (κ3) is 3.18. The number of aryl methyl sites for hydroxylation is 1. The molecule has 0 fully saturated rings. The van der Waals surface area contributed by atoms with Crippen molar-refractivity contribution in [2.45, 2.75) is 19.5 Å². The monoisotopic (exact) mass is 293 g/mol. The Morgan fingerprint density at radius 2 is 2.30 bits per heavy atom. The average Bonchev–Trinajstić information content (AvgIpc) is 2.77. The fourth-order valence-corrected chi connectivity index (χ4v) is 2.19. The molecule has 2 aromatic rings. The Bertz CT molecular complexity index is 625. The zero-order valence-corrected chi connectivity index (χ0v) is 12.1. The van der Waals surface area contributed by atoms with Gasteiger partial charge in [0.05, 0.1) is 11.9 Å². The number of carbonyl (C=O) groups is 1. The number of hydrogen-bond donors (Lipinski definition) is 2. The molecule has 106 valence electrons. The van der Waals surface area contributed by atoms with Gasteiger partial charge in [0.25, 0.3) is 0 Å². The molecule has 1 aromatic carbocycles. The van der Waals surface area contributed by atoms with Crippen LogP contribution in [0.2, 0.25) is 5.02 Å². The maximum absolute atomic E-state index is 11.1. The van der Waals surface area contributed by atoms with Gasteiger partial charge >= 0.3 is 5.97 Å². The molecule has 1 heterocycles. The zero-order chi connectivity index (χ0) is 14.7. The van der Waals surface area contributed by atoms with Crippen molar-refractivity contribution in [2.24, 2.45) is 7.05 Å². The summed E-state index contributed by atoms with van der Waals surface area (Å²) in [5.41, 5.74) is 1.92. The van der Waals surface area contributed by atoms with Crippen LogP contribution in [0.4, 0.5) is 0 Å². The zero-order valence-electron chi connectivity index (χ0n) is 11.3. The summed E-state index contributed by atoms with van der Waals surface area (Å²) in [6.07, 6.45) is 1.36. The molecule has 2 rings (SSSR count). The molecule has 0 radical (unpaired) electrons. The molecule has 0 aliphatic heterocycles. The summed E-state index contributed by atoms with van der Waals surface area (Å²) in [6.45, 7) is 2.42. The highest BCUT2D eigenvalue weighted by molar-refractivity contribution is 6.30. The number of nitrogens with zero attached hydrogens (tertiary/aromatic N) is 2. The molecule has 0 aliphatic rings. The number of aromatic carboxylic acids is 1. The first kappa shape index (κ1) is 14.6. The first-order chi connectivity index (χ1) is 9.49. The van der Waals surface area contributed by atoms with E-state index in [2.05, 4.69) is 10.4 Å². The van der Waals surface area contributed by atoms with E-state index in [4.69, 9.17) is 16.7 Å². The van der Waals surface area contributed by atoms with Crippen LogP contribution in [-0.2, 0) is 13.6 Å². The average molecular weight is 294 g/mol. The summed E-state index contributed by atoms with van der Waals surface area (Å²) in [4.78, 5) is 11.1. The molecule has 20 heavy (non-hydrogen) atoms. The summed E-state index contributed by atoms with van der Waals surface area (Å²) >= 11 is 5.96. The van der Waals surface area contributed by atoms with Gasteiger partial charge < -0.3 is 10.4 Å². The molecule has 6 heteroatoms. The lowest BCUT2D eigenvalue weighted by Gasteiger charge is -2.15. The molecule has 0 saturated heterocycles. The maximum atomic E-state index is 11.1. The highest BCUT2D eigenvalue weighted by Gasteiger charge is 2.15. The van der Waals surface area contributed by atoms with Crippen molar-refractivity contribution in [2.75, 3.05) is 0 Å². The molecular formula is C14H16ClN3O2. The first-order valence-electron chi connectivity index (χ1n) is 6.22. The molecule has 5 nitrogen and oxygen atoms in total. The predicted molar refractivity (Wildman–Crippen MR) is 76.9 cm³/mol. The van der Waals surface area contributed by atoms with Crippen LogP contribution in [0.5, 0.6) is 0 Å². The molecule has 0 spiro atoms. The van der Waals surface area contributed by atoms with E-state index in [1.54, 1.807) is 11.7 Å². The summed E-state index contributed by atoms with van der Waals surface area (Å²) in [5, 5.41) is 17.0. The maximum Gasteiger partial charge on any atom is 0.339 e. The lowest BCUT2D eigenvalue weighted by Crippen LogP contribution is -2.21. The Balaban J connectivity index is 2.09. The Morgan fingerprint density at radius 1 is 1.55 bits per heavy atom. The van der Waals surface area contributed by atoms with E-state index in [9.17, 15) is 4.79 Å². The van der Waals surface area contributed by atoms with Crippen molar-refractivity contribution in [3.05, 3.63) is 52.3 Å². The van der Waals surface area contributed by atoms with Crippen molar-refractivity contribution in [1.82, 2.24) is 15.1 Å². The van der Waals surface area contributed by atoms with Crippen molar-refractivity contribution in [3.8, 4) is 0 Å². The number of carboxylic acids is 1. The molecule has 2 N–H and O–H groups in total. The van der Waals surface area contributed by atoms with Gasteiger partial charge in [-0.1, -0.05) is 23.7 Å². The predicted octanol–water partition coefficient (Wildman–Crippen LogP) is 2.62. The van der Waals surface area contributed by atoms with Crippen LogP contribution in [0.3, 0.4) is 0 Å². The molecule has 0 aliphatic carbocycles. The molecular weight excluding hydrogens is 278 g/mol. The Labute approximate surface area is 122 Å². The van der Waals surface area contributed by atoms with Crippen LogP contribution in [0.25, 0.3) is 0 Å². The summed E-state index contributed by atoms with van der Waals surface area (Å²) < 4.78 is 1.57. The normalized spacial score (nSPS) is 12.3. The van der Waals surface area contributed by atoms with Gasteiger partial charge in [-0.05, 0) is 24.6 Å². The van der Waals surface area contributed by atoms with Gasteiger partial charge in [-0.3, -0.25) is 4.68 Å². The van der Waals surface area contributed by atoms with Crippen LogP contribution < -0.4 is 5.32 Å². The molecule has 1 unspecified atom stereocenters. The Morgan fingerprint density at radius 3 is 2.95 bits per heavy atom. The van der Waals surface area contributed by atoms with Crippen LogP contribution in [0, 0.1) is 0 Å². The van der Waals surface area contributed by atoms with Crippen LogP contribution in [0.1, 0.15) is 34.6 Å². The van der Waals surface area contributed by atoms with E-state index in [1.807, 2.05) is 31.2 Å². The highest BCUT2D eigenvalue weighted by atomic mass is 35.5. The minimum absolute atomic E-state index is 0.0604. The standard InChI is InChI=1S/C14H16ClN3O2/c1-9(10-4-3-5-11(15)6-10)16-8-13-12(14(19)20)7-17-18(13)2/h3-7,9,16H,8H2,1-2H3,(H,19,20). The number of nitrogens with one attached hydrogen (secondary N) is 1. The minimum atomic E-state index is -0.967. The van der Waals surface area contributed by atoms with Crippen LogP contribution >= 0.6 is 11.6 Å². The fraction of sp³-hybridized carbons (Fsp3) is 0.286. The quantitative estimate of drug-likeness (QED) is 0.889. The lowest BCUT2D eigenvalue weighted by atomic mass is 10.1. The van der Waals surface area contributed by atoms with Crippen molar-refractivity contribution in [3.63, 3.8) is 0 Å². The number of aromatic nitrogens is 2. The minimum Gasteiger partial charge on any atom is -0.478 e. The molecule has 0 bridgehead atoms. The third-order valence-corrected chi connectivity index (χ3v) is 3.45. The summed E-state index contributed by atoms with van der Waals surface area (Å²) in [6, 6.07) is 7.64. The van der Waals surface area contributed by atoms with Gasteiger partial charge in [-0.25, -0.2) is 4.79 Å². The van der Waals surface area contributed by atoms with Gasteiger partial charge in [0.1, 0.15) is 5.56 Å². The number of hydrogen-bond acceptors (Lipinski definition) is 3. The third-order valence-electron chi connectivity index (χ3n) is 3.22. The first-order valence-corrected chi connectivity index (χ1v) is 6.60. The largest absolute Gasteiger partial charge is 0.478 e. The highest BCUT2D eigenvalue weighted by Crippen LogP contribution is 2.18. The van der Waals surface area contributed by atoms with Gasteiger partial charge in [0, 0.05) is 24.7 Å². The molecule has 0 amide bonds. The van der Waals surface area contributed by atoms with Crippen molar-refractivity contribution >= 4 is 17.6 Å². The summed E-state index contributed by atoms with van der Waals surface area (Å²) in [7, 11) is 1.73. The van der Waals surface area contributed by atoms with Gasteiger partial charge in [-0.2, -0.15) is 5.10 Å². The molecule has 0 saturated carbocycles. The van der Waals surface area contributed by atoms with E-state index >= 15 is 0 Å². The van der Waals surface area contributed by atoms with E-state index < -0.39 is 5.97 Å². The van der Waals surface area contributed by atoms with E-state index in [-0.39, 0.29) is 11.6 Å². The smallest absolute Gasteiger partial charge is 0.339 e.